The number of thiazole rings is 1. The fourth-order valence-electron chi connectivity index (χ4n) is 2.09. The van der Waals surface area contributed by atoms with Crippen molar-refractivity contribution in [2.45, 2.75) is 19.9 Å². The van der Waals surface area contributed by atoms with Gasteiger partial charge in [-0.05, 0) is 26.0 Å². The van der Waals surface area contributed by atoms with Crippen LogP contribution in [-0.4, -0.2) is 15.0 Å². The van der Waals surface area contributed by atoms with Crippen molar-refractivity contribution in [2.75, 3.05) is 10.7 Å². The molecule has 2 aromatic heterocycles. The second-order valence-corrected chi connectivity index (χ2v) is 5.64. The summed E-state index contributed by atoms with van der Waals surface area (Å²) in [5, 5.41) is 7.41. The van der Waals surface area contributed by atoms with Crippen molar-refractivity contribution in [1.82, 2.24) is 15.0 Å². The van der Waals surface area contributed by atoms with Gasteiger partial charge in [-0.15, -0.1) is 11.3 Å². The summed E-state index contributed by atoms with van der Waals surface area (Å²) in [4.78, 5) is 13.3. The van der Waals surface area contributed by atoms with Gasteiger partial charge in [-0.2, -0.15) is 4.98 Å². The van der Waals surface area contributed by atoms with Gasteiger partial charge in [0.2, 0.25) is 5.95 Å². The minimum absolute atomic E-state index is 0.0626. The lowest BCUT2D eigenvalue weighted by Crippen LogP contribution is -2.14. The van der Waals surface area contributed by atoms with E-state index in [1.165, 1.54) is 0 Å². The average Bonchev–Trinajstić information content (AvgIpc) is 2.93. The Morgan fingerprint density at radius 3 is 2.71 bits per heavy atom. The van der Waals surface area contributed by atoms with E-state index in [9.17, 15) is 0 Å². The second kappa shape index (κ2) is 5.63. The number of nitrogens with two attached hydrogens (primary N) is 1. The molecule has 3 aromatic rings. The Balaban J connectivity index is 1.99. The summed E-state index contributed by atoms with van der Waals surface area (Å²) in [6.07, 6.45) is 0. The molecule has 0 radical (unpaired) electrons. The van der Waals surface area contributed by atoms with E-state index in [-0.39, 0.29) is 6.04 Å². The first kappa shape index (κ1) is 13.7. The third kappa shape index (κ3) is 2.79. The Morgan fingerprint density at radius 2 is 2.00 bits per heavy atom. The highest BCUT2D eigenvalue weighted by molar-refractivity contribution is 7.09. The standard InChI is InChI=1S/C14H16N6S/c1-8-7-21-13(16-8)9(2)17-12-10-5-3-4-6-11(10)18-14(19-12)20-15/h3-7,9H,15H2,1-2H3,(H2,17,18,19,20). The summed E-state index contributed by atoms with van der Waals surface area (Å²) in [6.45, 7) is 4.05. The third-order valence-corrected chi connectivity index (χ3v) is 4.24. The van der Waals surface area contributed by atoms with Crippen LogP contribution in [0.4, 0.5) is 11.8 Å². The number of nitrogen functional groups attached to an aromatic ring is 1. The molecule has 0 fully saturated rings. The van der Waals surface area contributed by atoms with Crippen molar-refractivity contribution in [3.63, 3.8) is 0 Å². The number of rotatable bonds is 4. The highest BCUT2D eigenvalue weighted by Crippen LogP contribution is 2.26. The predicted molar refractivity (Wildman–Crippen MR) is 86.2 cm³/mol. The van der Waals surface area contributed by atoms with Gasteiger partial charge in [-0.25, -0.2) is 15.8 Å². The molecule has 0 saturated carbocycles. The molecule has 0 saturated heterocycles. The van der Waals surface area contributed by atoms with Crippen LogP contribution in [0.5, 0.6) is 0 Å². The van der Waals surface area contributed by atoms with Crippen molar-refractivity contribution >= 4 is 34.0 Å². The van der Waals surface area contributed by atoms with Crippen molar-refractivity contribution in [1.29, 1.82) is 0 Å². The molecule has 3 rings (SSSR count). The van der Waals surface area contributed by atoms with Gasteiger partial charge in [0.15, 0.2) is 0 Å². The zero-order valence-electron chi connectivity index (χ0n) is 11.8. The number of aromatic nitrogens is 3. The zero-order valence-corrected chi connectivity index (χ0v) is 12.6. The van der Waals surface area contributed by atoms with Gasteiger partial charge in [-0.3, -0.25) is 5.43 Å². The lowest BCUT2D eigenvalue weighted by Gasteiger charge is -2.14. The van der Waals surface area contributed by atoms with E-state index in [4.69, 9.17) is 5.84 Å². The first-order chi connectivity index (χ1) is 10.2. The average molecular weight is 300 g/mol. The van der Waals surface area contributed by atoms with Crippen LogP contribution in [0.2, 0.25) is 0 Å². The second-order valence-electron chi connectivity index (χ2n) is 4.75. The number of hydrogen-bond acceptors (Lipinski definition) is 7. The van der Waals surface area contributed by atoms with Gasteiger partial charge in [0.05, 0.1) is 11.6 Å². The normalized spacial score (nSPS) is 12.3. The number of hydrogen-bond donors (Lipinski definition) is 3. The molecule has 0 bridgehead atoms. The number of nitrogens with one attached hydrogen (secondary N) is 2. The van der Waals surface area contributed by atoms with Crippen LogP contribution < -0.4 is 16.6 Å². The Kier molecular flexibility index (Phi) is 3.68. The molecule has 1 unspecified atom stereocenters. The van der Waals surface area contributed by atoms with E-state index < -0.39 is 0 Å². The van der Waals surface area contributed by atoms with Crippen LogP contribution in [0.3, 0.4) is 0 Å². The molecule has 7 heteroatoms. The number of hydrazine groups is 1. The smallest absolute Gasteiger partial charge is 0.239 e. The van der Waals surface area contributed by atoms with Crippen LogP contribution in [0.15, 0.2) is 29.6 Å². The minimum atomic E-state index is 0.0626. The Morgan fingerprint density at radius 1 is 1.19 bits per heavy atom. The zero-order chi connectivity index (χ0) is 14.8. The fourth-order valence-corrected chi connectivity index (χ4v) is 2.89. The number of para-hydroxylation sites is 1. The predicted octanol–water partition coefficient (Wildman–Crippen LogP) is 2.85. The molecule has 108 valence electrons. The van der Waals surface area contributed by atoms with Crippen LogP contribution in [0, 0.1) is 6.92 Å². The monoisotopic (exact) mass is 300 g/mol. The Bertz CT molecular complexity index is 769. The summed E-state index contributed by atoms with van der Waals surface area (Å²) in [6, 6.07) is 7.88. The highest BCUT2D eigenvalue weighted by atomic mass is 32.1. The van der Waals surface area contributed by atoms with Gasteiger partial charge in [0, 0.05) is 16.5 Å². The fraction of sp³-hybridized carbons (Fsp3) is 0.214. The lowest BCUT2D eigenvalue weighted by atomic mass is 10.2. The van der Waals surface area contributed by atoms with Gasteiger partial charge in [0.1, 0.15) is 10.8 Å². The van der Waals surface area contributed by atoms with E-state index in [1.54, 1.807) is 11.3 Å². The van der Waals surface area contributed by atoms with E-state index in [1.807, 2.05) is 36.6 Å². The van der Waals surface area contributed by atoms with E-state index >= 15 is 0 Å². The number of benzene rings is 1. The number of anilines is 2. The van der Waals surface area contributed by atoms with E-state index in [0.717, 1.165) is 27.4 Å². The molecule has 6 nitrogen and oxygen atoms in total. The number of aryl methyl sites for hydroxylation is 1. The number of fused-ring (bicyclic) bond motifs is 1. The van der Waals surface area contributed by atoms with Gasteiger partial charge < -0.3 is 5.32 Å². The van der Waals surface area contributed by atoms with Crippen molar-refractivity contribution in [3.05, 3.63) is 40.3 Å². The van der Waals surface area contributed by atoms with Crippen molar-refractivity contribution in [3.8, 4) is 0 Å². The van der Waals surface area contributed by atoms with Gasteiger partial charge >= 0.3 is 0 Å². The molecular weight excluding hydrogens is 284 g/mol. The summed E-state index contributed by atoms with van der Waals surface area (Å²) in [5.74, 6) is 6.57. The van der Waals surface area contributed by atoms with Crippen molar-refractivity contribution < 1.29 is 0 Å². The first-order valence-electron chi connectivity index (χ1n) is 6.59. The number of nitrogens with zero attached hydrogens (tertiary/aromatic N) is 3. The van der Waals surface area contributed by atoms with E-state index in [2.05, 4.69) is 32.6 Å². The quantitative estimate of drug-likeness (QED) is 0.507. The lowest BCUT2D eigenvalue weighted by molar-refractivity contribution is 0.856. The topological polar surface area (TPSA) is 88.8 Å². The largest absolute Gasteiger partial charge is 0.360 e. The van der Waals surface area contributed by atoms with E-state index in [0.29, 0.717) is 5.95 Å². The molecule has 0 amide bonds. The maximum Gasteiger partial charge on any atom is 0.239 e. The van der Waals surface area contributed by atoms with Crippen LogP contribution in [0.25, 0.3) is 10.9 Å². The first-order valence-corrected chi connectivity index (χ1v) is 7.47. The van der Waals surface area contributed by atoms with Crippen LogP contribution >= 0.6 is 11.3 Å². The molecule has 0 aliphatic rings. The molecule has 4 N–H and O–H groups in total. The SMILES string of the molecule is Cc1csc(C(C)Nc2nc(NN)nc3ccccc23)n1. The Hall–Kier alpha value is -2.25. The van der Waals surface area contributed by atoms with Crippen LogP contribution in [-0.2, 0) is 0 Å². The molecule has 0 aliphatic carbocycles. The van der Waals surface area contributed by atoms with Crippen molar-refractivity contribution in [2.24, 2.45) is 5.84 Å². The summed E-state index contributed by atoms with van der Waals surface area (Å²) >= 11 is 1.63. The van der Waals surface area contributed by atoms with Gasteiger partial charge in [0.25, 0.3) is 0 Å². The molecule has 21 heavy (non-hydrogen) atoms. The minimum Gasteiger partial charge on any atom is -0.360 e. The summed E-state index contributed by atoms with van der Waals surface area (Å²) in [7, 11) is 0. The molecule has 1 atom stereocenters. The molecule has 2 heterocycles. The summed E-state index contributed by atoms with van der Waals surface area (Å²) < 4.78 is 0. The summed E-state index contributed by atoms with van der Waals surface area (Å²) in [5.41, 5.74) is 4.37. The van der Waals surface area contributed by atoms with Gasteiger partial charge in [-0.1, -0.05) is 12.1 Å². The third-order valence-electron chi connectivity index (χ3n) is 3.09. The van der Waals surface area contributed by atoms with Crippen LogP contribution in [0.1, 0.15) is 23.7 Å². The highest BCUT2D eigenvalue weighted by Gasteiger charge is 2.13. The molecule has 0 aliphatic heterocycles. The Labute approximate surface area is 126 Å². The molecular formula is C14H16N6S. The molecule has 1 aromatic carbocycles. The maximum absolute atomic E-state index is 5.44. The molecule has 0 spiro atoms. The maximum atomic E-state index is 5.44.